The fourth-order valence-corrected chi connectivity index (χ4v) is 3.33. The Morgan fingerprint density at radius 3 is 2.59 bits per heavy atom. The number of piperazine rings is 1. The van der Waals surface area contributed by atoms with Gasteiger partial charge in [-0.2, -0.15) is 0 Å². The van der Waals surface area contributed by atoms with E-state index in [-0.39, 0.29) is 11.7 Å². The molecular formula is C14H17Cl2N3OS2. The predicted molar refractivity (Wildman–Crippen MR) is 99.2 cm³/mol. The molecule has 1 aliphatic heterocycles. The molecule has 0 unspecified atom stereocenters. The molecule has 0 aromatic heterocycles. The number of anilines is 1. The highest BCUT2D eigenvalue weighted by Crippen LogP contribution is 2.25. The van der Waals surface area contributed by atoms with Crippen LogP contribution in [-0.2, 0) is 4.79 Å². The van der Waals surface area contributed by atoms with Crippen LogP contribution < -0.4 is 5.32 Å². The molecule has 1 aromatic rings. The number of benzene rings is 1. The van der Waals surface area contributed by atoms with Gasteiger partial charge in [0.05, 0.1) is 15.8 Å². The van der Waals surface area contributed by atoms with Gasteiger partial charge in [-0.15, -0.1) is 0 Å². The topological polar surface area (TPSA) is 35.6 Å². The Hall–Kier alpha value is -0.530. The maximum absolute atomic E-state index is 12.0. The van der Waals surface area contributed by atoms with E-state index in [1.165, 1.54) is 11.8 Å². The van der Waals surface area contributed by atoms with Crippen LogP contribution in [0.25, 0.3) is 0 Å². The van der Waals surface area contributed by atoms with E-state index in [2.05, 4.69) is 22.2 Å². The molecule has 8 heteroatoms. The number of carbonyl (C=O) groups excluding carboxylic acids is 1. The highest BCUT2D eigenvalue weighted by molar-refractivity contribution is 8.23. The van der Waals surface area contributed by atoms with Crippen molar-refractivity contribution in [3.63, 3.8) is 0 Å². The molecule has 22 heavy (non-hydrogen) atoms. The maximum atomic E-state index is 12.0. The van der Waals surface area contributed by atoms with Gasteiger partial charge >= 0.3 is 0 Å². The Labute approximate surface area is 150 Å². The molecule has 0 saturated carbocycles. The van der Waals surface area contributed by atoms with Crippen molar-refractivity contribution in [2.24, 2.45) is 0 Å². The first kappa shape index (κ1) is 17.8. The first-order chi connectivity index (χ1) is 10.5. The van der Waals surface area contributed by atoms with E-state index in [1.807, 2.05) is 0 Å². The van der Waals surface area contributed by atoms with Gasteiger partial charge in [-0.3, -0.25) is 4.79 Å². The zero-order valence-electron chi connectivity index (χ0n) is 12.1. The average molecular weight is 378 g/mol. The summed E-state index contributed by atoms with van der Waals surface area (Å²) in [7, 11) is 2.10. The van der Waals surface area contributed by atoms with Crippen LogP contribution in [0.1, 0.15) is 0 Å². The van der Waals surface area contributed by atoms with Crippen molar-refractivity contribution in [3.8, 4) is 0 Å². The number of thioether (sulfide) groups is 1. The Morgan fingerprint density at radius 1 is 1.27 bits per heavy atom. The minimum absolute atomic E-state index is 0.111. The van der Waals surface area contributed by atoms with E-state index in [0.29, 0.717) is 15.7 Å². The summed E-state index contributed by atoms with van der Waals surface area (Å²) in [6, 6.07) is 5.00. The summed E-state index contributed by atoms with van der Waals surface area (Å²) < 4.78 is 0.775. The number of hydrogen-bond donors (Lipinski definition) is 1. The molecular weight excluding hydrogens is 361 g/mol. The van der Waals surface area contributed by atoms with Crippen molar-refractivity contribution in [1.82, 2.24) is 9.80 Å². The fraction of sp³-hybridized carbons (Fsp3) is 0.429. The van der Waals surface area contributed by atoms with E-state index < -0.39 is 0 Å². The van der Waals surface area contributed by atoms with Gasteiger partial charge in [-0.25, -0.2) is 0 Å². The number of rotatable bonds is 3. The van der Waals surface area contributed by atoms with Crippen LogP contribution in [-0.4, -0.2) is 59.0 Å². The zero-order chi connectivity index (χ0) is 16.1. The van der Waals surface area contributed by atoms with Crippen molar-refractivity contribution in [1.29, 1.82) is 0 Å². The molecule has 120 valence electrons. The molecule has 2 rings (SSSR count). The lowest BCUT2D eigenvalue weighted by Crippen LogP contribution is -2.46. The second-order valence-corrected chi connectivity index (χ2v) is 7.45. The van der Waals surface area contributed by atoms with Gasteiger partial charge in [0.25, 0.3) is 0 Å². The second-order valence-electron chi connectivity index (χ2n) is 5.02. The van der Waals surface area contributed by atoms with Crippen molar-refractivity contribution >= 4 is 63.1 Å². The number of halogens is 2. The number of thiocarbonyl (C=S) groups is 1. The van der Waals surface area contributed by atoms with E-state index in [9.17, 15) is 4.79 Å². The highest BCUT2D eigenvalue weighted by atomic mass is 35.5. The summed E-state index contributed by atoms with van der Waals surface area (Å²) >= 11 is 18.5. The van der Waals surface area contributed by atoms with Crippen LogP contribution in [0.5, 0.6) is 0 Å². The lowest BCUT2D eigenvalue weighted by Gasteiger charge is -2.33. The Bertz CT molecular complexity index is 563. The summed E-state index contributed by atoms with van der Waals surface area (Å²) in [5, 5.41) is 3.67. The lowest BCUT2D eigenvalue weighted by atomic mass is 10.3. The third-order valence-corrected chi connectivity index (χ3v) is 5.55. The smallest absolute Gasteiger partial charge is 0.234 e. The number of amides is 1. The summed E-state index contributed by atoms with van der Waals surface area (Å²) in [6.45, 7) is 3.82. The van der Waals surface area contributed by atoms with Gasteiger partial charge in [-0.05, 0) is 25.2 Å². The molecule has 1 amide bonds. The number of carbonyl (C=O) groups is 1. The SMILES string of the molecule is CN1CCN(C(=S)SCC(=O)Nc2ccc(Cl)c(Cl)c2)CC1. The average Bonchev–Trinajstić information content (AvgIpc) is 2.49. The molecule has 4 nitrogen and oxygen atoms in total. The van der Waals surface area contributed by atoms with Gasteiger partial charge in [0.2, 0.25) is 5.91 Å². The molecule has 1 heterocycles. The standard InChI is InChI=1S/C14H17Cl2N3OS2/c1-18-4-6-19(7-5-18)14(21)22-9-13(20)17-10-2-3-11(15)12(16)8-10/h2-3,8H,4-7,9H2,1H3,(H,17,20). The van der Waals surface area contributed by atoms with Gasteiger partial charge in [0.15, 0.2) is 0 Å². The third-order valence-electron chi connectivity index (χ3n) is 3.29. The van der Waals surface area contributed by atoms with Gasteiger partial charge < -0.3 is 15.1 Å². The minimum Gasteiger partial charge on any atom is -0.355 e. The predicted octanol–water partition coefficient (Wildman–Crippen LogP) is 3.20. The van der Waals surface area contributed by atoms with Crippen molar-refractivity contribution in [3.05, 3.63) is 28.2 Å². The van der Waals surface area contributed by atoms with Crippen LogP contribution in [0, 0.1) is 0 Å². The van der Waals surface area contributed by atoms with Gasteiger partial charge in [0.1, 0.15) is 4.32 Å². The third kappa shape index (κ3) is 5.28. The normalized spacial score (nSPS) is 15.7. The van der Waals surface area contributed by atoms with Crippen molar-refractivity contribution in [2.75, 3.05) is 44.3 Å². The highest BCUT2D eigenvalue weighted by Gasteiger charge is 2.17. The molecule has 1 fully saturated rings. The summed E-state index contributed by atoms with van der Waals surface area (Å²) in [6.07, 6.45) is 0. The van der Waals surface area contributed by atoms with E-state index in [0.717, 1.165) is 30.5 Å². The number of nitrogens with one attached hydrogen (secondary N) is 1. The molecule has 0 spiro atoms. The quantitative estimate of drug-likeness (QED) is 0.818. The number of likely N-dealkylation sites (N-methyl/N-ethyl adjacent to an activating group) is 1. The Morgan fingerprint density at radius 2 is 1.95 bits per heavy atom. The molecule has 1 aromatic carbocycles. The molecule has 0 atom stereocenters. The molecule has 0 aliphatic carbocycles. The van der Waals surface area contributed by atoms with Gasteiger partial charge in [0, 0.05) is 31.9 Å². The number of hydrogen-bond acceptors (Lipinski definition) is 4. The fourth-order valence-electron chi connectivity index (χ4n) is 1.98. The molecule has 0 bridgehead atoms. The van der Waals surface area contributed by atoms with E-state index in [1.54, 1.807) is 18.2 Å². The lowest BCUT2D eigenvalue weighted by molar-refractivity contribution is -0.113. The van der Waals surface area contributed by atoms with Gasteiger partial charge in [-0.1, -0.05) is 47.2 Å². The van der Waals surface area contributed by atoms with E-state index in [4.69, 9.17) is 35.4 Å². The first-order valence-electron chi connectivity index (χ1n) is 6.81. The summed E-state index contributed by atoms with van der Waals surface area (Å²) in [5.41, 5.74) is 0.630. The molecule has 0 radical (unpaired) electrons. The summed E-state index contributed by atoms with van der Waals surface area (Å²) in [4.78, 5) is 16.4. The maximum Gasteiger partial charge on any atom is 0.234 e. The van der Waals surface area contributed by atoms with Crippen LogP contribution >= 0.6 is 47.2 Å². The monoisotopic (exact) mass is 377 g/mol. The van der Waals surface area contributed by atoms with Crippen LogP contribution in [0.15, 0.2) is 18.2 Å². The van der Waals surface area contributed by atoms with Crippen LogP contribution in [0.2, 0.25) is 10.0 Å². The van der Waals surface area contributed by atoms with Crippen LogP contribution in [0.3, 0.4) is 0 Å². The van der Waals surface area contributed by atoms with E-state index >= 15 is 0 Å². The second kappa shape index (κ2) is 8.36. The van der Waals surface area contributed by atoms with Crippen LogP contribution in [0.4, 0.5) is 5.69 Å². The van der Waals surface area contributed by atoms with Crippen molar-refractivity contribution in [2.45, 2.75) is 0 Å². The summed E-state index contributed by atoms with van der Waals surface area (Å²) in [5.74, 6) is 0.172. The first-order valence-corrected chi connectivity index (χ1v) is 8.96. The van der Waals surface area contributed by atoms with Crippen molar-refractivity contribution < 1.29 is 4.79 Å². The Kier molecular flexibility index (Phi) is 6.77. The zero-order valence-corrected chi connectivity index (χ0v) is 15.3. The minimum atomic E-state index is -0.111. The Balaban J connectivity index is 1.77. The molecule has 1 aliphatic rings. The molecule has 1 N–H and O–H groups in total. The number of nitrogens with zero attached hydrogens (tertiary/aromatic N) is 2. The molecule has 1 saturated heterocycles. The largest absolute Gasteiger partial charge is 0.355 e.